The van der Waals surface area contributed by atoms with Crippen molar-refractivity contribution in [3.8, 4) is 0 Å². The van der Waals surface area contributed by atoms with Crippen LogP contribution in [-0.4, -0.2) is 9.97 Å². The summed E-state index contributed by atoms with van der Waals surface area (Å²) in [6.07, 6.45) is 3.95. The van der Waals surface area contributed by atoms with E-state index < -0.39 is 0 Å². The van der Waals surface area contributed by atoms with Crippen LogP contribution in [0, 0.1) is 19.7 Å². The zero-order valence-corrected chi connectivity index (χ0v) is 11.0. The van der Waals surface area contributed by atoms with Crippen molar-refractivity contribution in [2.24, 2.45) is 5.84 Å². The van der Waals surface area contributed by atoms with Gasteiger partial charge in [-0.1, -0.05) is 6.07 Å². The summed E-state index contributed by atoms with van der Waals surface area (Å²) < 4.78 is 13.3. The fraction of sp³-hybridized carbons (Fsp3) is 0.286. The number of benzene rings is 1. The molecule has 0 aliphatic carbocycles. The number of aromatic nitrogens is 2. The SMILES string of the molecule is Cc1cnc(C(Cc2cc(F)ccc2C)NN)cn1. The number of hydrogen-bond acceptors (Lipinski definition) is 4. The summed E-state index contributed by atoms with van der Waals surface area (Å²) in [7, 11) is 0. The van der Waals surface area contributed by atoms with Gasteiger partial charge in [0.05, 0.1) is 23.6 Å². The number of nitrogens with zero attached hydrogens (tertiary/aromatic N) is 2. The number of nitrogens with one attached hydrogen (secondary N) is 1. The molecule has 2 aromatic rings. The lowest BCUT2D eigenvalue weighted by atomic mass is 9.99. The van der Waals surface area contributed by atoms with Gasteiger partial charge >= 0.3 is 0 Å². The van der Waals surface area contributed by atoms with Crippen LogP contribution in [0.25, 0.3) is 0 Å². The first-order valence-corrected chi connectivity index (χ1v) is 6.10. The fourth-order valence-electron chi connectivity index (χ4n) is 1.91. The lowest BCUT2D eigenvalue weighted by Crippen LogP contribution is -2.30. The van der Waals surface area contributed by atoms with Crippen molar-refractivity contribution in [2.75, 3.05) is 0 Å². The molecular weight excluding hydrogens is 243 g/mol. The van der Waals surface area contributed by atoms with Crippen LogP contribution in [0.4, 0.5) is 4.39 Å². The molecule has 1 aromatic heterocycles. The lowest BCUT2D eigenvalue weighted by Gasteiger charge is -2.16. The Labute approximate surface area is 111 Å². The van der Waals surface area contributed by atoms with E-state index in [9.17, 15) is 4.39 Å². The van der Waals surface area contributed by atoms with Crippen LogP contribution in [0.15, 0.2) is 30.6 Å². The third-order valence-electron chi connectivity index (χ3n) is 3.09. The Balaban J connectivity index is 2.23. The van der Waals surface area contributed by atoms with E-state index in [1.54, 1.807) is 18.5 Å². The quantitative estimate of drug-likeness (QED) is 0.651. The molecule has 3 N–H and O–H groups in total. The van der Waals surface area contributed by atoms with E-state index in [0.717, 1.165) is 22.5 Å². The molecule has 0 fully saturated rings. The number of hydrogen-bond donors (Lipinski definition) is 2. The maximum Gasteiger partial charge on any atom is 0.123 e. The second-order valence-electron chi connectivity index (χ2n) is 4.58. The number of nitrogens with two attached hydrogens (primary N) is 1. The smallest absolute Gasteiger partial charge is 0.123 e. The van der Waals surface area contributed by atoms with Gasteiger partial charge in [0.1, 0.15) is 5.82 Å². The van der Waals surface area contributed by atoms with Crippen LogP contribution in [0.5, 0.6) is 0 Å². The molecule has 5 heteroatoms. The molecule has 0 saturated heterocycles. The maximum atomic E-state index is 13.3. The summed E-state index contributed by atoms with van der Waals surface area (Å²) in [4.78, 5) is 8.50. The molecule has 100 valence electrons. The van der Waals surface area contributed by atoms with Gasteiger partial charge in [-0.3, -0.25) is 21.2 Å². The first-order chi connectivity index (χ1) is 9.10. The Bertz CT molecular complexity index is 554. The normalized spacial score (nSPS) is 12.4. The van der Waals surface area contributed by atoms with Crippen molar-refractivity contribution in [1.29, 1.82) is 0 Å². The molecule has 19 heavy (non-hydrogen) atoms. The highest BCUT2D eigenvalue weighted by Gasteiger charge is 2.14. The summed E-state index contributed by atoms with van der Waals surface area (Å²) in [6.45, 7) is 3.82. The Morgan fingerprint density at radius 2 is 2.05 bits per heavy atom. The Morgan fingerprint density at radius 1 is 1.26 bits per heavy atom. The highest BCUT2D eigenvalue weighted by atomic mass is 19.1. The summed E-state index contributed by atoms with van der Waals surface area (Å²) >= 11 is 0. The van der Waals surface area contributed by atoms with Crippen LogP contribution >= 0.6 is 0 Å². The van der Waals surface area contributed by atoms with Gasteiger partial charge in [-0.2, -0.15) is 0 Å². The second kappa shape index (κ2) is 5.86. The molecule has 0 amide bonds. The van der Waals surface area contributed by atoms with E-state index in [1.807, 2.05) is 13.8 Å². The Morgan fingerprint density at radius 3 is 2.68 bits per heavy atom. The molecule has 1 unspecified atom stereocenters. The van der Waals surface area contributed by atoms with Gasteiger partial charge in [-0.25, -0.2) is 4.39 Å². The number of rotatable bonds is 4. The molecule has 1 aromatic carbocycles. The minimum atomic E-state index is -0.244. The summed E-state index contributed by atoms with van der Waals surface area (Å²) in [5, 5.41) is 0. The van der Waals surface area contributed by atoms with Crippen molar-refractivity contribution < 1.29 is 4.39 Å². The molecule has 1 atom stereocenters. The molecule has 2 rings (SSSR count). The first kappa shape index (κ1) is 13.6. The average molecular weight is 260 g/mol. The van der Waals surface area contributed by atoms with Crippen molar-refractivity contribution in [1.82, 2.24) is 15.4 Å². The second-order valence-corrected chi connectivity index (χ2v) is 4.58. The van der Waals surface area contributed by atoms with Crippen LogP contribution in [-0.2, 0) is 6.42 Å². The molecule has 0 bridgehead atoms. The van der Waals surface area contributed by atoms with Crippen LogP contribution in [0.3, 0.4) is 0 Å². The van der Waals surface area contributed by atoms with Gasteiger partial charge in [0.2, 0.25) is 0 Å². The minimum Gasteiger partial charge on any atom is -0.271 e. The molecular formula is C14H17FN4. The first-order valence-electron chi connectivity index (χ1n) is 6.10. The number of hydrazine groups is 1. The predicted molar refractivity (Wildman–Crippen MR) is 71.7 cm³/mol. The molecule has 0 spiro atoms. The van der Waals surface area contributed by atoms with Crippen molar-refractivity contribution >= 4 is 0 Å². The lowest BCUT2D eigenvalue weighted by molar-refractivity contribution is 0.532. The zero-order chi connectivity index (χ0) is 13.8. The van der Waals surface area contributed by atoms with Gasteiger partial charge < -0.3 is 0 Å². The molecule has 0 aliphatic heterocycles. The third kappa shape index (κ3) is 3.33. The van der Waals surface area contributed by atoms with Gasteiger partial charge in [-0.05, 0) is 43.5 Å². The Kier molecular flexibility index (Phi) is 4.19. The average Bonchev–Trinajstić information content (AvgIpc) is 2.41. The highest BCUT2D eigenvalue weighted by Crippen LogP contribution is 2.19. The summed E-state index contributed by atoms with van der Waals surface area (Å²) in [5.74, 6) is 5.32. The van der Waals surface area contributed by atoms with Gasteiger partial charge in [0.15, 0.2) is 0 Å². The monoisotopic (exact) mass is 260 g/mol. The number of halogens is 1. The fourth-order valence-corrected chi connectivity index (χ4v) is 1.91. The predicted octanol–water partition coefficient (Wildman–Crippen LogP) is 1.98. The molecule has 4 nitrogen and oxygen atoms in total. The van der Waals surface area contributed by atoms with Crippen LogP contribution < -0.4 is 11.3 Å². The largest absolute Gasteiger partial charge is 0.271 e. The van der Waals surface area contributed by atoms with Crippen LogP contribution in [0.2, 0.25) is 0 Å². The van der Waals surface area contributed by atoms with Crippen molar-refractivity contribution in [2.45, 2.75) is 26.3 Å². The van der Waals surface area contributed by atoms with Crippen molar-refractivity contribution in [3.05, 3.63) is 58.9 Å². The topological polar surface area (TPSA) is 63.8 Å². The van der Waals surface area contributed by atoms with E-state index in [1.165, 1.54) is 12.1 Å². The molecule has 0 radical (unpaired) electrons. The zero-order valence-electron chi connectivity index (χ0n) is 11.0. The maximum absolute atomic E-state index is 13.3. The van der Waals surface area contributed by atoms with Gasteiger partial charge in [-0.15, -0.1) is 0 Å². The number of aryl methyl sites for hydroxylation is 2. The van der Waals surface area contributed by atoms with E-state index in [2.05, 4.69) is 15.4 Å². The molecule has 0 aliphatic rings. The minimum absolute atomic E-state index is 0.186. The van der Waals surface area contributed by atoms with Crippen molar-refractivity contribution in [3.63, 3.8) is 0 Å². The van der Waals surface area contributed by atoms with Gasteiger partial charge in [0, 0.05) is 6.20 Å². The third-order valence-corrected chi connectivity index (χ3v) is 3.09. The molecule has 1 heterocycles. The van der Waals surface area contributed by atoms with E-state index in [4.69, 9.17) is 5.84 Å². The highest BCUT2D eigenvalue weighted by molar-refractivity contribution is 5.28. The van der Waals surface area contributed by atoms with Gasteiger partial charge in [0.25, 0.3) is 0 Å². The standard InChI is InChI=1S/C14H17FN4/c1-9-3-4-12(15)5-11(9)6-13(19-16)14-8-17-10(2)7-18-14/h3-5,7-8,13,19H,6,16H2,1-2H3. The van der Waals surface area contributed by atoms with E-state index in [0.29, 0.717) is 6.42 Å². The van der Waals surface area contributed by atoms with E-state index in [-0.39, 0.29) is 11.9 Å². The summed E-state index contributed by atoms with van der Waals surface area (Å²) in [5.41, 5.74) is 6.24. The summed E-state index contributed by atoms with van der Waals surface area (Å²) in [6, 6.07) is 4.56. The molecule has 0 saturated carbocycles. The van der Waals surface area contributed by atoms with Crippen LogP contribution in [0.1, 0.15) is 28.6 Å². The van der Waals surface area contributed by atoms with E-state index >= 15 is 0 Å². The Hall–Kier alpha value is -1.85.